The number of halogens is 3. The third-order valence-corrected chi connectivity index (χ3v) is 4.21. The number of aromatic nitrogens is 3. The molecule has 0 bridgehead atoms. The lowest BCUT2D eigenvalue weighted by Gasteiger charge is -2.07. The van der Waals surface area contributed by atoms with Gasteiger partial charge in [-0.05, 0) is 48.5 Å². The molecular formula is C19H15F3N6. The second-order valence-corrected chi connectivity index (χ2v) is 6.16. The average molecular weight is 384 g/mol. The first-order valence-electron chi connectivity index (χ1n) is 8.27. The number of nitrogen functional groups attached to an aromatic ring is 2. The standard InChI is InChI=1S/C19H15F3N6/c20-19(21,22)12-5-7-13(8-6-12)25-18-26-17-3-1-2-16(28(17)27-18)11-4-9-14(23)15(24)10-11/h1-10H,23-24H2,(H,25,27). The number of anilines is 4. The molecule has 2 heterocycles. The van der Waals surface area contributed by atoms with Gasteiger partial charge < -0.3 is 16.8 Å². The predicted octanol–water partition coefficient (Wildman–Crippen LogP) is 4.32. The molecule has 0 saturated carbocycles. The van der Waals surface area contributed by atoms with Crippen molar-refractivity contribution in [3.05, 3.63) is 66.2 Å². The molecule has 2 aromatic carbocycles. The molecule has 4 aromatic rings. The Morgan fingerprint density at radius 1 is 0.893 bits per heavy atom. The molecule has 2 aromatic heterocycles. The molecule has 6 nitrogen and oxygen atoms in total. The Hall–Kier alpha value is -3.75. The fourth-order valence-electron chi connectivity index (χ4n) is 2.78. The van der Waals surface area contributed by atoms with E-state index in [2.05, 4.69) is 15.4 Å². The number of hydrogen-bond acceptors (Lipinski definition) is 5. The van der Waals surface area contributed by atoms with E-state index in [0.29, 0.717) is 22.7 Å². The van der Waals surface area contributed by atoms with Gasteiger partial charge >= 0.3 is 6.18 Å². The minimum atomic E-state index is -4.38. The van der Waals surface area contributed by atoms with Crippen molar-refractivity contribution in [3.63, 3.8) is 0 Å². The van der Waals surface area contributed by atoms with Crippen molar-refractivity contribution < 1.29 is 13.2 Å². The normalized spacial score (nSPS) is 11.7. The van der Waals surface area contributed by atoms with Gasteiger partial charge in [-0.1, -0.05) is 12.1 Å². The lowest BCUT2D eigenvalue weighted by molar-refractivity contribution is -0.137. The quantitative estimate of drug-likeness (QED) is 0.457. The van der Waals surface area contributed by atoms with E-state index in [0.717, 1.165) is 23.4 Å². The van der Waals surface area contributed by atoms with Gasteiger partial charge in [-0.3, -0.25) is 0 Å². The topological polar surface area (TPSA) is 94.3 Å². The Bertz CT molecular complexity index is 1150. The fraction of sp³-hybridized carbons (Fsp3) is 0.0526. The Balaban J connectivity index is 1.67. The molecule has 9 heteroatoms. The summed E-state index contributed by atoms with van der Waals surface area (Å²) in [6.45, 7) is 0. The first-order valence-corrected chi connectivity index (χ1v) is 8.27. The van der Waals surface area contributed by atoms with Crippen LogP contribution in [0, 0.1) is 0 Å². The van der Waals surface area contributed by atoms with Gasteiger partial charge in [-0.15, -0.1) is 5.10 Å². The Labute approximate surface area is 157 Å². The van der Waals surface area contributed by atoms with Crippen LogP contribution in [0.3, 0.4) is 0 Å². The first-order chi connectivity index (χ1) is 13.3. The highest BCUT2D eigenvalue weighted by Crippen LogP contribution is 2.30. The minimum absolute atomic E-state index is 0.260. The summed E-state index contributed by atoms with van der Waals surface area (Å²) >= 11 is 0. The van der Waals surface area contributed by atoms with Gasteiger partial charge in [0.15, 0.2) is 5.65 Å². The van der Waals surface area contributed by atoms with E-state index < -0.39 is 11.7 Å². The summed E-state index contributed by atoms with van der Waals surface area (Å²) in [7, 11) is 0. The first kappa shape index (κ1) is 17.7. The molecule has 0 atom stereocenters. The number of nitrogens with zero attached hydrogens (tertiary/aromatic N) is 3. The molecule has 0 aliphatic heterocycles. The van der Waals surface area contributed by atoms with Crippen molar-refractivity contribution in [1.82, 2.24) is 14.6 Å². The van der Waals surface area contributed by atoms with Gasteiger partial charge in [-0.25, -0.2) is 4.52 Å². The van der Waals surface area contributed by atoms with Crippen molar-refractivity contribution >= 4 is 28.7 Å². The molecule has 0 aliphatic rings. The summed E-state index contributed by atoms with van der Waals surface area (Å²) in [5.74, 6) is 0.260. The number of alkyl halides is 3. The maximum absolute atomic E-state index is 12.7. The van der Waals surface area contributed by atoms with Crippen LogP contribution in [0.5, 0.6) is 0 Å². The van der Waals surface area contributed by atoms with Gasteiger partial charge in [0.2, 0.25) is 5.95 Å². The number of rotatable bonds is 3. The van der Waals surface area contributed by atoms with Crippen molar-refractivity contribution in [2.45, 2.75) is 6.18 Å². The molecular weight excluding hydrogens is 369 g/mol. The van der Waals surface area contributed by atoms with Gasteiger partial charge in [0.1, 0.15) is 0 Å². The Morgan fingerprint density at radius 3 is 2.32 bits per heavy atom. The summed E-state index contributed by atoms with van der Waals surface area (Å²) < 4.78 is 39.7. The highest BCUT2D eigenvalue weighted by molar-refractivity contribution is 5.74. The van der Waals surface area contributed by atoms with Crippen molar-refractivity contribution in [1.29, 1.82) is 0 Å². The van der Waals surface area contributed by atoms with Crippen LogP contribution >= 0.6 is 0 Å². The molecule has 5 N–H and O–H groups in total. The van der Waals surface area contributed by atoms with Gasteiger partial charge in [0.25, 0.3) is 0 Å². The lowest BCUT2D eigenvalue weighted by Crippen LogP contribution is -2.04. The summed E-state index contributed by atoms with van der Waals surface area (Å²) in [6, 6.07) is 15.4. The third kappa shape index (κ3) is 3.29. The van der Waals surface area contributed by atoms with Gasteiger partial charge in [-0.2, -0.15) is 18.2 Å². The predicted molar refractivity (Wildman–Crippen MR) is 102 cm³/mol. The molecule has 0 unspecified atom stereocenters. The molecule has 28 heavy (non-hydrogen) atoms. The molecule has 0 radical (unpaired) electrons. The maximum atomic E-state index is 12.7. The third-order valence-electron chi connectivity index (χ3n) is 4.21. The minimum Gasteiger partial charge on any atom is -0.397 e. The highest BCUT2D eigenvalue weighted by Gasteiger charge is 2.29. The van der Waals surface area contributed by atoms with Crippen LogP contribution in [0.15, 0.2) is 60.7 Å². The van der Waals surface area contributed by atoms with E-state index in [-0.39, 0.29) is 5.95 Å². The summed E-state index contributed by atoms with van der Waals surface area (Å²) in [5, 5.41) is 7.32. The number of nitrogens with two attached hydrogens (primary N) is 2. The van der Waals surface area contributed by atoms with Crippen LogP contribution in [0.25, 0.3) is 16.9 Å². The van der Waals surface area contributed by atoms with Crippen LogP contribution in [0.4, 0.5) is 36.2 Å². The molecule has 0 amide bonds. The smallest absolute Gasteiger partial charge is 0.397 e. The number of fused-ring (bicyclic) bond motifs is 1. The van der Waals surface area contributed by atoms with Crippen molar-refractivity contribution in [3.8, 4) is 11.3 Å². The number of benzene rings is 2. The fourth-order valence-corrected chi connectivity index (χ4v) is 2.78. The van der Waals surface area contributed by atoms with Crippen molar-refractivity contribution in [2.75, 3.05) is 16.8 Å². The monoisotopic (exact) mass is 384 g/mol. The maximum Gasteiger partial charge on any atom is 0.416 e. The summed E-state index contributed by atoms with van der Waals surface area (Å²) in [4.78, 5) is 4.37. The second-order valence-electron chi connectivity index (χ2n) is 6.16. The number of hydrogen-bond donors (Lipinski definition) is 3. The van der Waals surface area contributed by atoms with Crippen LogP contribution < -0.4 is 16.8 Å². The highest BCUT2D eigenvalue weighted by atomic mass is 19.4. The molecule has 0 saturated heterocycles. The molecule has 0 fully saturated rings. The number of nitrogens with one attached hydrogen (secondary N) is 1. The van der Waals surface area contributed by atoms with E-state index >= 15 is 0 Å². The van der Waals surface area contributed by atoms with Crippen LogP contribution in [0.2, 0.25) is 0 Å². The second kappa shape index (κ2) is 6.45. The number of pyridine rings is 1. The molecule has 0 aliphatic carbocycles. The Morgan fingerprint density at radius 2 is 1.64 bits per heavy atom. The SMILES string of the molecule is Nc1ccc(-c2cccc3nc(Nc4ccc(C(F)(F)F)cc4)nn23)cc1N. The van der Waals surface area contributed by atoms with E-state index in [1.165, 1.54) is 12.1 Å². The van der Waals surface area contributed by atoms with E-state index in [4.69, 9.17) is 11.5 Å². The zero-order valence-electron chi connectivity index (χ0n) is 14.4. The largest absolute Gasteiger partial charge is 0.416 e. The van der Waals surface area contributed by atoms with E-state index in [1.807, 2.05) is 18.2 Å². The van der Waals surface area contributed by atoms with Crippen molar-refractivity contribution in [2.24, 2.45) is 0 Å². The van der Waals surface area contributed by atoms with Gasteiger partial charge in [0.05, 0.1) is 22.6 Å². The van der Waals surface area contributed by atoms with Crippen LogP contribution in [-0.4, -0.2) is 14.6 Å². The van der Waals surface area contributed by atoms with Crippen LogP contribution in [0.1, 0.15) is 5.56 Å². The zero-order valence-corrected chi connectivity index (χ0v) is 14.4. The van der Waals surface area contributed by atoms with E-state index in [1.54, 1.807) is 22.7 Å². The summed E-state index contributed by atoms with van der Waals surface area (Å²) in [5.41, 5.74) is 14.5. The van der Waals surface area contributed by atoms with Gasteiger partial charge in [0, 0.05) is 11.3 Å². The summed E-state index contributed by atoms with van der Waals surface area (Å²) in [6.07, 6.45) is -4.38. The Kier molecular flexibility index (Phi) is 4.07. The van der Waals surface area contributed by atoms with E-state index in [9.17, 15) is 13.2 Å². The molecule has 4 rings (SSSR count). The molecule has 0 spiro atoms. The lowest BCUT2D eigenvalue weighted by atomic mass is 10.1. The molecule has 142 valence electrons. The average Bonchev–Trinajstić information content (AvgIpc) is 3.06. The van der Waals surface area contributed by atoms with Crippen LogP contribution in [-0.2, 0) is 6.18 Å². The zero-order chi connectivity index (χ0) is 19.9.